The number of benzene rings is 1. The highest BCUT2D eigenvalue weighted by molar-refractivity contribution is 7.98. The second-order valence-electron chi connectivity index (χ2n) is 7.66. The summed E-state index contributed by atoms with van der Waals surface area (Å²) in [6, 6.07) is 7.43. The van der Waals surface area contributed by atoms with Crippen molar-refractivity contribution >= 4 is 28.9 Å². The number of thiazole rings is 1. The maximum absolute atomic E-state index is 10.0. The predicted octanol–water partition coefficient (Wildman–Crippen LogP) is 4.59. The highest BCUT2D eigenvalue weighted by atomic mass is 32.2. The van der Waals surface area contributed by atoms with Gasteiger partial charge in [0, 0.05) is 22.4 Å². The molecule has 1 aromatic carbocycles. The summed E-state index contributed by atoms with van der Waals surface area (Å²) in [6.45, 7) is 5.73. The molecule has 2 heterocycles. The van der Waals surface area contributed by atoms with Crippen molar-refractivity contribution in [2.24, 2.45) is 0 Å². The summed E-state index contributed by atoms with van der Waals surface area (Å²) in [5, 5.41) is 11.6. The summed E-state index contributed by atoms with van der Waals surface area (Å²) >= 11 is 3.21. The van der Waals surface area contributed by atoms with E-state index in [0.29, 0.717) is 28.2 Å². The molecule has 0 amide bonds. The first-order chi connectivity index (χ1) is 14.8. The lowest BCUT2D eigenvalue weighted by atomic mass is 10.1. The van der Waals surface area contributed by atoms with Gasteiger partial charge in [0.2, 0.25) is 0 Å². The van der Waals surface area contributed by atoms with Gasteiger partial charge < -0.3 is 20.3 Å². The molecular weight excluding hydrogens is 432 g/mol. The second-order valence-corrected chi connectivity index (χ2v) is 9.68. The predicted molar refractivity (Wildman–Crippen MR) is 126 cm³/mol. The van der Waals surface area contributed by atoms with E-state index in [2.05, 4.69) is 16.9 Å². The molecule has 0 aliphatic carbocycles. The quantitative estimate of drug-likeness (QED) is 0.335. The van der Waals surface area contributed by atoms with E-state index in [1.807, 2.05) is 18.2 Å². The van der Waals surface area contributed by atoms with E-state index < -0.39 is 5.60 Å². The van der Waals surface area contributed by atoms with Crippen molar-refractivity contribution in [1.29, 1.82) is 0 Å². The summed E-state index contributed by atoms with van der Waals surface area (Å²) in [5.41, 5.74) is 6.80. The van der Waals surface area contributed by atoms with Crippen molar-refractivity contribution in [3.8, 4) is 22.1 Å². The third-order valence-corrected chi connectivity index (χ3v) is 6.32. The molecule has 0 bridgehead atoms. The van der Waals surface area contributed by atoms with E-state index in [1.54, 1.807) is 44.6 Å². The topological polar surface area (TPSA) is 103 Å². The van der Waals surface area contributed by atoms with Crippen LogP contribution < -0.4 is 15.2 Å². The Balaban J connectivity index is 1.85. The van der Waals surface area contributed by atoms with Gasteiger partial charge in [0.05, 0.1) is 18.4 Å². The van der Waals surface area contributed by atoms with E-state index >= 15 is 0 Å². The Morgan fingerprint density at radius 3 is 2.68 bits per heavy atom. The number of ether oxygens (including phenoxy) is 2. The van der Waals surface area contributed by atoms with Crippen LogP contribution in [0.5, 0.6) is 11.5 Å². The molecule has 3 N–H and O–H groups in total. The zero-order chi connectivity index (χ0) is 22.4. The number of hydrogen-bond acceptors (Lipinski definition) is 9. The molecule has 2 aromatic heterocycles. The zero-order valence-corrected chi connectivity index (χ0v) is 19.8. The smallest absolute Gasteiger partial charge is 0.189 e. The Morgan fingerprint density at radius 1 is 1.19 bits per heavy atom. The van der Waals surface area contributed by atoms with Crippen LogP contribution in [0.2, 0.25) is 0 Å². The highest BCUT2D eigenvalue weighted by Crippen LogP contribution is 2.37. The number of nitrogen functional groups attached to an aromatic ring is 1. The molecule has 0 fully saturated rings. The first kappa shape index (κ1) is 23.3. The minimum absolute atomic E-state index is 0.161. The van der Waals surface area contributed by atoms with Crippen LogP contribution in [0.15, 0.2) is 35.6 Å². The van der Waals surface area contributed by atoms with Gasteiger partial charge in [-0.25, -0.2) is 15.0 Å². The van der Waals surface area contributed by atoms with Crippen molar-refractivity contribution < 1.29 is 14.6 Å². The lowest BCUT2D eigenvalue weighted by Gasteiger charge is -2.19. The molecule has 31 heavy (non-hydrogen) atoms. The normalized spacial score (nSPS) is 11.5. The number of nitrogens with two attached hydrogens (primary N) is 1. The molecule has 0 unspecified atom stereocenters. The van der Waals surface area contributed by atoms with Crippen molar-refractivity contribution in [3.63, 3.8) is 0 Å². The Kier molecular flexibility index (Phi) is 7.74. The average Bonchev–Trinajstić information content (AvgIpc) is 3.13. The minimum Gasteiger partial charge on any atom is -0.493 e. The van der Waals surface area contributed by atoms with Gasteiger partial charge in [-0.2, -0.15) is 0 Å². The molecule has 7 nitrogen and oxygen atoms in total. The van der Waals surface area contributed by atoms with Crippen LogP contribution in [0.3, 0.4) is 0 Å². The van der Waals surface area contributed by atoms with E-state index in [-0.39, 0.29) is 6.61 Å². The number of nitrogens with zero attached hydrogens (tertiary/aromatic N) is 3. The van der Waals surface area contributed by atoms with Crippen molar-refractivity contribution in [2.45, 2.75) is 50.1 Å². The number of anilines is 1. The Bertz CT molecular complexity index is 1020. The van der Waals surface area contributed by atoms with Crippen LogP contribution in [0.4, 0.5) is 5.82 Å². The molecule has 3 rings (SSSR count). The van der Waals surface area contributed by atoms with E-state index in [0.717, 1.165) is 29.1 Å². The lowest BCUT2D eigenvalue weighted by Crippen LogP contribution is -2.27. The van der Waals surface area contributed by atoms with Crippen LogP contribution in [0, 0.1) is 0 Å². The average molecular weight is 461 g/mol. The fraction of sp³-hybridized carbons (Fsp3) is 0.409. The molecule has 0 saturated carbocycles. The van der Waals surface area contributed by atoms with Crippen molar-refractivity contribution in [1.82, 2.24) is 15.0 Å². The van der Waals surface area contributed by atoms with Crippen LogP contribution in [0.25, 0.3) is 10.6 Å². The highest BCUT2D eigenvalue weighted by Gasteiger charge is 2.18. The van der Waals surface area contributed by atoms with E-state index in [1.165, 1.54) is 16.6 Å². The second kappa shape index (κ2) is 10.3. The first-order valence-electron chi connectivity index (χ1n) is 10.0. The summed E-state index contributed by atoms with van der Waals surface area (Å²) in [4.78, 5) is 14.7. The summed E-state index contributed by atoms with van der Waals surface area (Å²) in [6.07, 6.45) is 3.66. The van der Waals surface area contributed by atoms with Crippen LogP contribution in [-0.4, -0.2) is 39.4 Å². The number of aromatic nitrogens is 3. The van der Waals surface area contributed by atoms with Crippen LogP contribution in [0.1, 0.15) is 37.8 Å². The molecule has 0 radical (unpaired) electrons. The number of thioether (sulfide) groups is 1. The van der Waals surface area contributed by atoms with Gasteiger partial charge in [-0.3, -0.25) is 0 Å². The summed E-state index contributed by atoms with van der Waals surface area (Å²) < 4.78 is 11.2. The number of aryl methyl sites for hydroxylation is 1. The molecule has 0 spiro atoms. The van der Waals surface area contributed by atoms with Gasteiger partial charge in [-0.15, -0.1) is 11.3 Å². The number of aliphatic hydroxyl groups is 1. The van der Waals surface area contributed by atoms with Crippen molar-refractivity contribution in [2.75, 3.05) is 19.5 Å². The van der Waals surface area contributed by atoms with E-state index in [4.69, 9.17) is 20.2 Å². The molecule has 0 aliphatic heterocycles. The molecule has 166 valence electrons. The molecule has 9 heteroatoms. The maximum atomic E-state index is 10.0. The molecule has 0 atom stereocenters. The number of hydrogen-bond donors (Lipinski definition) is 2. The van der Waals surface area contributed by atoms with Crippen LogP contribution >= 0.6 is 23.1 Å². The van der Waals surface area contributed by atoms with Gasteiger partial charge in [-0.1, -0.05) is 25.1 Å². The minimum atomic E-state index is -0.941. The standard InChI is InChI=1S/C22H28N4O3S2/c1-5-6-18-15(12-30-21-24-10-9-19(23)26-21)25-20(31-18)14-7-8-16(28-4)17(11-14)29-13-22(2,3)27/h7-11,27H,5-6,12-13H2,1-4H3,(H2,23,24,26). The third kappa shape index (κ3) is 6.56. The fourth-order valence-electron chi connectivity index (χ4n) is 2.78. The largest absolute Gasteiger partial charge is 0.493 e. The SMILES string of the molecule is CCCc1sc(-c2ccc(OC)c(OCC(C)(C)O)c2)nc1CSc1nccc(N)n1. The maximum Gasteiger partial charge on any atom is 0.189 e. The fourth-order valence-corrected chi connectivity index (χ4v) is 4.85. The Morgan fingerprint density at radius 2 is 2.00 bits per heavy atom. The van der Waals surface area contributed by atoms with Crippen molar-refractivity contribution in [3.05, 3.63) is 41.0 Å². The van der Waals surface area contributed by atoms with E-state index in [9.17, 15) is 5.11 Å². The Labute approximate surface area is 191 Å². The summed E-state index contributed by atoms with van der Waals surface area (Å²) in [7, 11) is 1.60. The zero-order valence-electron chi connectivity index (χ0n) is 18.2. The Hall–Kier alpha value is -2.36. The summed E-state index contributed by atoms with van der Waals surface area (Å²) in [5.74, 6) is 2.33. The molecule has 3 aromatic rings. The van der Waals surface area contributed by atoms with Gasteiger partial charge in [-0.05, 0) is 44.5 Å². The molecule has 0 saturated heterocycles. The number of methoxy groups -OCH3 is 1. The van der Waals surface area contributed by atoms with Gasteiger partial charge >= 0.3 is 0 Å². The lowest BCUT2D eigenvalue weighted by molar-refractivity contribution is 0.0276. The monoisotopic (exact) mass is 460 g/mol. The number of rotatable bonds is 10. The van der Waals surface area contributed by atoms with Crippen LogP contribution in [-0.2, 0) is 12.2 Å². The van der Waals surface area contributed by atoms with Gasteiger partial charge in [0.15, 0.2) is 16.7 Å². The van der Waals surface area contributed by atoms with Gasteiger partial charge in [0.25, 0.3) is 0 Å². The first-order valence-corrected chi connectivity index (χ1v) is 11.8. The molecule has 0 aliphatic rings. The van der Waals surface area contributed by atoms with Gasteiger partial charge in [0.1, 0.15) is 17.4 Å². The molecular formula is C22H28N4O3S2. The third-order valence-electron chi connectivity index (χ3n) is 4.24.